The predicted molar refractivity (Wildman–Crippen MR) is 103 cm³/mol. The fourth-order valence-electron chi connectivity index (χ4n) is 2.59. The van der Waals surface area contributed by atoms with Gasteiger partial charge in [-0.2, -0.15) is 0 Å². The van der Waals surface area contributed by atoms with Crippen molar-refractivity contribution in [3.8, 4) is 5.75 Å². The van der Waals surface area contributed by atoms with E-state index in [1.54, 1.807) is 0 Å². The highest BCUT2D eigenvalue weighted by Gasteiger charge is 2.12. The second-order valence-electron chi connectivity index (χ2n) is 5.99. The summed E-state index contributed by atoms with van der Waals surface area (Å²) in [4.78, 5) is 12.3. The summed E-state index contributed by atoms with van der Waals surface area (Å²) in [5.41, 5.74) is 1.98. The molecule has 2 aromatic carbocycles. The summed E-state index contributed by atoms with van der Waals surface area (Å²) in [5, 5.41) is 6.27. The first-order valence-corrected chi connectivity index (χ1v) is 9.04. The standard InChI is InChI=1S/C21H28N2O2/c1-3-5-15-25-20-14-10-9-13-19(20)22-16-21(24)23-18(4-2)17-11-7-6-8-12-17/h6-14,18,22H,3-5,15-16H2,1-2H3,(H,23,24). The van der Waals surface area contributed by atoms with Crippen LogP contribution in [0, 0.1) is 0 Å². The number of para-hydroxylation sites is 2. The van der Waals surface area contributed by atoms with Crippen LogP contribution in [-0.2, 0) is 4.79 Å². The first-order chi connectivity index (χ1) is 12.2. The Morgan fingerprint density at radius 1 is 1.04 bits per heavy atom. The average molecular weight is 340 g/mol. The van der Waals surface area contributed by atoms with Gasteiger partial charge in [0.1, 0.15) is 5.75 Å². The van der Waals surface area contributed by atoms with Crippen LogP contribution in [-0.4, -0.2) is 19.1 Å². The number of ether oxygens (including phenoxy) is 1. The van der Waals surface area contributed by atoms with Crippen molar-refractivity contribution in [2.45, 2.75) is 39.2 Å². The molecule has 2 N–H and O–H groups in total. The Bertz CT molecular complexity index is 643. The van der Waals surface area contributed by atoms with E-state index in [0.717, 1.165) is 36.3 Å². The van der Waals surface area contributed by atoms with E-state index in [2.05, 4.69) is 24.5 Å². The van der Waals surface area contributed by atoms with Gasteiger partial charge in [0, 0.05) is 0 Å². The van der Waals surface area contributed by atoms with E-state index in [1.165, 1.54) is 0 Å². The van der Waals surface area contributed by atoms with Gasteiger partial charge in [0.15, 0.2) is 0 Å². The molecule has 0 bridgehead atoms. The third-order valence-corrected chi connectivity index (χ3v) is 4.03. The van der Waals surface area contributed by atoms with Crippen molar-refractivity contribution in [2.24, 2.45) is 0 Å². The van der Waals surface area contributed by atoms with Crippen LogP contribution in [0.1, 0.15) is 44.7 Å². The normalized spacial score (nSPS) is 11.6. The molecule has 0 aliphatic rings. The maximum Gasteiger partial charge on any atom is 0.239 e. The molecule has 1 unspecified atom stereocenters. The number of nitrogens with one attached hydrogen (secondary N) is 2. The summed E-state index contributed by atoms with van der Waals surface area (Å²) in [7, 11) is 0. The van der Waals surface area contributed by atoms with Gasteiger partial charge in [0.25, 0.3) is 0 Å². The van der Waals surface area contributed by atoms with Gasteiger partial charge in [-0.3, -0.25) is 4.79 Å². The zero-order valence-electron chi connectivity index (χ0n) is 15.1. The Balaban J connectivity index is 1.89. The lowest BCUT2D eigenvalue weighted by Gasteiger charge is -2.18. The van der Waals surface area contributed by atoms with Crippen molar-refractivity contribution in [1.82, 2.24) is 5.32 Å². The number of amides is 1. The van der Waals surface area contributed by atoms with Crippen LogP contribution < -0.4 is 15.4 Å². The molecule has 2 rings (SSSR count). The topological polar surface area (TPSA) is 50.4 Å². The molecule has 4 nitrogen and oxygen atoms in total. The van der Waals surface area contributed by atoms with E-state index in [1.807, 2.05) is 54.6 Å². The maximum absolute atomic E-state index is 12.3. The Morgan fingerprint density at radius 3 is 2.48 bits per heavy atom. The molecule has 1 atom stereocenters. The lowest BCUT2D eigenvalue weighted by atomic mass is 10.0. The molecule has 0 spiro atoms. The zero-order chi connectivity index (χ0) is 17.9. The summed E-state index contributed by atoms with van der Waals surface area (Å²) in [6.07, 6.45) is 2.96. The van der Waals surface area contributed by atoms with Crippen LogP contribution in [0.5, 0.6) is 5.75 Å². The number of hydrogen-bond donors (Lipinski definition) is 2. The van der Waals surface area contributed by atoms with Gasteiger partial charge < -0.3 is 15.4 Å². The van der Waals surface area contributed by atoms with Crippen LogP contribution in [0.2, 0.25) is 0 Å². The molecule has 0 saturated heterocycles. The van der Waals surface area contributed by atoms with E-state index in [4.69, 9.17) is 4.74 Å². The van der Waals surface area contributed by atoms with Crippen molar-refractivity contribution >= 4 is 11.6 Å². The summed E-state index contributed by atoms with van der Waals surface area (Å²) in [6, 6.07) is 17.8. The average Bonchev–Trinajstić information content (AvgIpc) is 2.66. The van der Waals surface area contributed by atoms with Crippen LogP contribution >= 0.6 is 0 Å². The monoisotopic (exact) mass is 340 g/mol. The van der Waals surface area contributed by atoms with Gasteiger partial charge >= 0.3 is 0 Å². The van der Waals surface area contributed by atoms with Crippen LogP contribution in [0.3, 0.4) is 0 Å². The van der Waals surface area contributed by atoms with Gasteiger partial charge in [0.05, 0.1) is 24.9 Å². The first-order valence-electron chi connectivity index (χ1n) is 9.04. The molecule has 0 aliphatic carbocycles. The number of carbonyl (C=O) groups is 1. The Hall–Kier alpha value is -2.49. The third-order valence-electron chi connectivity index (χ3n) is 4.03. The van der Waals surface area contributed by atoms with Crippen molar-refractivity contribution in [3.05, 3.63) is 60.2 Å². The predicted octanol–water partition coefficient (Wildman–Crippen LogP) is 4.54. The second kappa shape index (κ2) is 10.4. The summed E-state index contributed by atoms with van der Waals surface area (Å²) < 4.78 is 5.79. The molecule has 134 valence electrons. The van der Waals surface area contributed by atoms with Crippen molar-refractivity contribution in [1.29, 1.82) is 0 Å². The molecule has 0 aromatic heterocycles. The molecular formula is C21H28N2O2. The van der Waals surface area contributed by atoms with E-state index < -0.39 is 0 Å². The molecule has 0 radical (unpaired) electrons. The summed E-state index contributed by atoms with van der Waals surface area (Å²) in [6.45, 7) is 5.11. The maximum atomic E-state index is 12.3. The quantitative estimate of drug-likeness (QED) is 0.624. The molecule has 1 amide bonds. The third kappa shape index (κ3) is 6.14. The lowest BCUT2D eigenvalue weighted by Crippen LogP contribution is -2.33. The molecule has 0 heterocycles. The molecule has 0 fully saturated rings. The summed E-state index contributed by atoms with van der Waals surface area (Å²) in [5.74, 6) is 0.762. The van der Waals surface area contributed by atoms with Crippen molar-refractivity contribution in [3.63, 3.8) is 0 Å². The highest BCUT2D eigenvalue weighted by atomic mass is 16.5. The largest absolute Gasteiger partial charge is 0.491 e. The minimum absolute atomic E-state index is 0.0286. The number of hydrogen-bond acceptors (Lipinski definition) is 3. The molecule has 2 aromatic rings. The SMILES string of the molecule is CCCCOc1ccccc1NCC(=O)NC(CC)c1ccccc1. The van der Waals surface area contributed by atoms with Gasteiger partial charge in [0.2, 0.25) is 5.91 Å². The Kier molecular flexibility index (Phi) is 7.83. The Morgan fingerprint density at radius 2 is 1.76 bits per heavy atom. The highest BCUT2D eigenvalue weighted by molar-refractivity contribution is 5.81. The van der Waals surface area contributed by atoms with E-state index in [-0.39, 0.29) is 18.5 Å². The number of anilines is 1. The molecular weight excluding hydrogens is 312 g/mol. The molecule has 25 heavy (non-hydrogen) atoms. The number of benzene rings is 2. The van der Waals surface area contributed by atoms with Crippen LogP contribution in [0.4, 0.5) is 5.69 Å². The van der Waals surface area contributed by atoms with Crippen molar-refractivity contribution < 1.29 is 9.53 Å². The van der Waals surface area contributed by atoms with Gasteiger partial charge in [-0.05, 0) is 30.5 Å². The van der Waals surface area contributed by atoms with E-state index >= 15 is 0 Å². The van der Waals surface area contributed by atoms with E-state index in [9.17, 15) is 4.79 Å². The molecule has 0 aliphatic heterocycles. The van der Waals surface area contributed by atoms with Gasteiger partial charge in [-0.1, -0.05) is 62.7 Å². The van der Waals surface area contributed by atoms with E-state index in [0.29, 0.717) is 6.61 Å². The van der Waals surface area contributed by atoms with Crippen molar-refractivity contribution in [2.75, 3.05) is 18.5 Å². The zero-order valence-corrected chi connectivity index (χ0v) is 15.1. The highest BCUT2D eigenvalue weighted by Crippen LogP contribution is 2.23. The molecule has 4 heteroatoms. The lowest BCUT2D eigenvalue weighted by molar-refractivity contribution is -0.120. The fourth-order valence-corrected chi connectivity index (χ4v) is 2.59. The molecule has 0 saturated carbocycles. The fraction of sp³-hybridized carbons (Fsp3) is 0.381. The first kappa shape index (κ1) is 18.8. The van der Waals surface area contributed by atoms with Crippen LogP contribution in [0.25, 0.3) is 0 Å². The minimum atomic E-state index is -0.0286. The number of carbonyl (C=O) groups excluding carboxylic acids is 1. The smallest absolute Gasteiger partial charge is 0.239 e. The Labute approximate surface area is 150 Å². The number of rotatable bonds is 10. The van der Waals surface area contributed by atoms with Crippen LogP contribution in [0.15, 0.2) is 54.6 Å². The number of unbranched alkanes of at least 4 members (excludes halogenated alkanes) is 1. The second-order valence-corrected chi connectivity index (χ2v) is 5.99. The van der Waals surface area contributed by atoms with Gasteiger partial charge in [-0.25, -0.2) is 0 Å². The summed E-state index contributed by atoms with van der Waals surface area (Å²) >= 11 is 0. The van der Waals surface area contributed by atoms with Gasteiger partial charge in [-0.15, -0.1) is 0 Å². The minimum Gasteiger partial charge on any atom is -0.491 e.